The fourth-order valence-corrected chi connectivity index (χ4v) is 5.24. The lowest BCUT2D eigenvalue weighted by molar-refractivity contribution is 0.0524. The van der Waals surface area contributed by atoms with Crippen molar-refractivity contribution < 1.29 is 5.11 Å². The molecule has 0 aromatic carbocycles. The van der Waals surface area contributed by atoms with Crippen LogP contribution in [-0.2, 0) is 0 Å². The van der Waals surface area contributed by atoms with Crippen molar-refractivity contribution in [3.63, 3.8) is 0 Å². The maximum absolute atomic E-state index is 10.0. The van der Waals surface area contributed by atoms with Crippen LogP contribution in [0.3, 0.4) is 0 Å². The van der Waals surface area contributed by atoms with Crippen LogP contribution in [0.1, 0.15) is 25.7 Å². The number of nitrogens with zero attached hydrogens (tertiary/aromatic N) is 4. The van der Waals surface area contributed by atoms with Gasteiger partial charge in [-0.15, -0.1) is 0 Å². The maximum atomic E-state index is 10.0. The molecule has 2 aliphatic rings. The van der Waals surface area contributed by atoms with Crippen molar-refractivity contribution in [2.75, 3.05) is 37.3 Å². The van der Waals surface area contributed by atoms with Crippen molar-refractivity contribution >= 4 is 28.8 Å². The minimum absolute atomic E-state index is 0.349. The van der Waals surface area contributed by atoms with Crippen LogP contribution < -0.4 is 10.2 Å². The summed E-state index contributed by atoms with van der Waals surface area (Å²) in [6.07, 6.45) is 8.10. The first-order chi connectivity index (χ1) is 12.7. The Morgan fingerprint density at radius 2 is 2.15 bits per heavy atom. The lowest BCUT2D eigenvalue weighted by atomic mass is 9.86. The zero-order valence-electron chi connectivity index (χ0n) is 15.3. The van der Waals surface area contributed by atoms with Crippen molar-refractivity contribution in [1.29, 1.82) is 0 Å². The second kappa shape index (κ2) is 8.12. The van der Waals surface area contributed by atoms with Gasteiger partial charge in [-0.25, -0.2) is 14.3 Å². The average Bonchev–Trinajstić information content (AvgIpc) is 3.16. The van der Waals surface area contributed by atoms with Crippen molar-refractivity contribution in [2.45, 2.75) is 38.0 Å². The monoisotopic (exact) mass is 376 g/mol. The van der Waals surface area contributed by atoms with E-state index in [1.807, 2.05) is 18.1 Å². The molecule has 142 valence electrons. The number of aliphatic hydroxyl groups is 1. The third kappa shape index (κ3) is 3.83. The fraction of sp³-hybridized carbons (Fsp3) is 0.667. The van der Waals surface area contributed by atoms with Crippen molar-refractivity contribution in [2.24, 2.45) is 5.92 Å². The predicted octanol–water partition coefficient (Wildman–Crippen LogP) is 1.82. The first-order valence-corrected chi connectivity index (χ1v) is 10.5. The van der Waals surface area contributed by atoms with Gasteiger partial charge in [-0.3, -0.25) is 0 Å². The van der Waals surface area contributed by atoms with Gasteiger partial charge < -0.3 is 20.3 Å². The number of hydrogen-bond donors (Lipinski definition) is 3. The average molecular weight is 377 g/mol. The summed E-state index contributed by atoms with van der Waals surface area (Å²) < 4.78 is 2.14. The third-order valence-corrected chi connectivity index (χ3v) is 7.05. The predicted molar refractivity (Wildman–Crippen MR) is 106 cm³/mol. The van der Waals surface area contributed by atoms with Gasteiger partial charge in [0, 0.05) is 44.7 Å². The first kappa shape index (κ1) is 18.0. The molecule has 0 amide bonds. The van der Waals surface area contributed by atoms with Gasteiger partial charge in [-0.2, -0.15) is 0 Å². The van der Waals surface area contributed by atoms with Crippen LogP contribution in [0.2, 0.25) is 0 Å². The van der Waals surface area contributed by atoms with E-state index < -0.39 is 0 Å². The van der Waals surface area contributed by atoms with Crippen LogP contribution in [0, 0.1) is 5.92 Å². The van der Waals surface area contributed by atoms with Crippen LogP contribution in [0.4, 0.5) is 5.82 Å². The molecule has 1 atom stereocenters. The molecule has 0 bridgehead atoms. The van der Waals surface area contributed by atoms with E-state index in [1.54, 1.807) is 6.33 Å². The molecule has 0 radical (unpaired) electrons. The van der Waals surface area contributed by atoms with Gasteiger partial charge in [0.1, 0.15) is 24.0 Å². The summed E-state index contributed by atoms with van der Waals surface area (Å²) in [6, 6.07) is 2.59. The van der Waals surface area contributed by atoms with Gasteiger partial charge in [0.2, 0.25) is 0 Å². The Bertz CT molecular complexity index is 717. The zero-order chi connectivity index (χ0) is 17.9. The van der Waals surface area contributed by atoms with Gasteiger partial charge in [0.05, 0.1) is 5.39 Å². The Morgan fingerprint density at radius 1 is 1.31 bits per heavy atom. The summed E-state index contributed by atoms with van der Waals surface area (Å²) in [5.41, 5.74) is 0.904. The lowest BCUT2D eigenvalue weighted by Crippen LogP contribution is -2.48. The number of aromatic amines is 1. The molecular formula is C18H28N6OS. The lowest BCUT2D eigenvalue weighted by Gasteiger charge is -2.37. The van der Waals surface area contributed by atoms with Crippen molar-refractivity contribution in [1.82, 2.24) is 24.6 Å². The van der Waals surface area contributed by atoms with Crippen LogP contribution >= 0.6 is 11.9 Å². The van der Waals surface area contributed by atoms with E-state index in [2.05, 4.69) is 42.6 Å². The molecule has 7 nitrogen and oxygen atoms in total. The number of fused-ring (bicyclic) bond motifs is 1. The highest BCUT2D eigenvalue weighted by Gasteiger charge is 2.27. The molecule has 26 heavy (non-hydrogen) atoms. The molecule has 1 unspecified atom stereocenters. The van der Waals surface area contributed by atoms with E-state index >= 15 is 0 Å². The van der Waals surface area contributed by atoms with Crippen molar-refractivity contribution in [3.05, 3.63) is 18.6 Å². The van der Waals surface area contributed by atoms with E-state index in [0.717, 1.165) is 41.6 Å². The largest absolute Gasteiger partial charge is 0.376 e. The number of aromatic nitrogens is 3. The van der Waals surface area contributed by atoms with Gasteiger partial charge in [0.15, 0.2) is 0 Å². The van der Waals surface area contributed by atoms with Gasteiger partial charge in [-0.1, -0.05) is 11.9 Å². The Hall–Kier alpha value is -1.35. The number of rotatable bonds is 5. The fourth-order valence-electron chi connectivity index (χ4n) is 4.03. The molecule has 2 aromatic rings. The smallest absolute Gasteiger partial charge is 0.142 e. The highest BCUT2D eigenvalue weighted by molar-refractivity contribution is 7.97. The molecule has 1 saturated carbocycles. The normalized spacial score (nSPS) is 27.7. The summed E-state index contributed by atoms with van der Waals surface area (Å²) >= 11 is 1.83. The van der Waals surface area contributed by atoms with E-state index in [1.165, 1.54) is 25.7 Å². The van der Waals surface area contributed by atoms with Crippen LogP contribution in [0.5, 0.6) is 0 Å². The van der Waals surface area contributed by atoms with Gasteiger partial charge in [0.25, 0.3) is 0 Å². The Balaban J connectivity index is 1.30. The minimum Gasteiger partial charge on any atom is -0.376 e. The zero-order valence-corrected chi connectivity index (χ0v) is 16.1. The summed E-state index contributed by atoms with van der Waals surface area (Å²) in [7, 11) is 2.16. The number of nitrogens with one attached hydrogen (secondary N) is 2. The van der Waals surface area contributed by atoms with Crippen LogP contribution in [0.25, 0.3) is 11.0 Å². The number of hydrogen-bond acceptors (Lipinski definition) is 7. The number of aliphatic hydroxyl groups excluding tert-OH is 1. The SMILES string of the molecule is CN(c1ncnc2[nH]ccc12)C1CCC(CSN2CCNCC2O)CC1. The molecular weight excluding hydrogens is 348 g/mol. The molecule has 1 saturated heterocycles. The number of β-amino-alcohol motifs (C(OH)–C–C–N with tert-alkyl or cyclic N) is 1. The molecule has 2 fully saturated rings. The van der Waals surface area contributed by atoms with E-state index in [4.69, 9.17) is 0 Å². The van der Waals surface area contributed by atoms with E-state index in [-0.39, 0.29) is 6.23 Å². The highest BCUT2D eigenvalue weighted by Crippen LogP contribution is 2.33. The number of H-pyrrole nitrogens is 1. The molecule has 0 spiro atoms. The second-order valence-electron chi connectivity index (χ2n) is 7.34. The van der Waals surface area contributed by atoms with Crippen LogP contribution in [-0.4, -0.2) is 69.1 Å². The Labute approximate surface area is 158 Å². The second-order valence-corrected chi connectivity index (χ2v) is 8.40. The topological polar surface area (TPSA) is 80.3 Å². The molecule has 1 aliphatic carbocycles. The maximum Gasteiger partial charge on any atom is 0.142 e. The quantitative estimate of drug-likeness (QED) is 0.687. The van der Waals surface area contributed by atoms with Crippen molar-refractivity contribution in [3.8, 4) is 0 Å². The Morgan fingerprint density at radius 3 is 2.96 bits per heavy atom. The molecule has 1 aliphatic heterocycles. The molecule has 4 rings (SSSR count). The van der Waals surface area contributed by atoms with Gasteiger partial charge >= 0.3 is 0 Å². The first-order valence-electron chi connectivity index (χ1n) is 9.51. The molecule has 3 heterocycles. The Kier molecular flexibility index (Phi) is 5.63. The summed E-state index contributed by atoms with van der Waals surface area (Å²) in [6.45, 7) is 2.57. The molecule has 8 heteroatoms. The standard InChI is InChI=1S/C18H28N6OS/c1-23(18-15-6-7-20-17(15)21-12-22-18)14-4-2-13(3-5-14)11-26-24-9-8-19-10-16(24)25/h6-7,12-14,16,19,25H,2-5,8-11H2,1H3,(H,20,21,22). The minimum atomic E-state index is -0.349. The van der Waals surface area contributed by atoms with E-state index in [9.17, 15) is 5.11 Å². The molecule has 3 N–H and O–H groups in total. The highest BCUT2D eigenvalue weighted by atomic mass is 32.2. The summed E-state index contributed by atoms with van der Waals surface area (Å²) in [4.78, 5) is 14.3. The summed E-state index contributed by atoms with van der Waals surface area (Å²) in [5.74, 6) is 2.88. The summed E-state index contributed by atoms with van der Waals surface area (Å²) in [5, 5.41) is 14.4. The van der Waals surface area contributed by atoms with E-state index in [0.29, 0.717) is 12.6 Å². The number of piperazine rings is 1. The van der Waals surface area contributed by atoms with Crippen LogP contribution in [0.15, 0.2) is 18.6 Å². The van der Waals surface area contributed by atoms with Gasteiger partial charge in [-0.05, 0) is 37.7 Å². The molecule has 2 aromatic heterocycles. The number of anilines is 1. The third-order valence-electron chi connectivity index (χ3n) is 5.68.